The summed E-state index contributed by atoms with van der Waals surface area (Å²) in [5.41, 5.74) is 5.61. The SMILES string of the molecule is NC1(Cc2cc(F)ccc2Cl)CCCC(C(F)(F)F)C1. The maximum atomic E-state index is 13.2. The fourth-order valence-corrected chi connectivity index (χ4v) is 3.08. The molecule has 0 aliphatic heterocycles. The minimum absolute atomic E-state index is 0.110. The first-order valence-corrected chi connectivity index (χ1v) is 6.87. The average Bonchev–Trinajstić information content (AvgIpc) is 2.32. The molecule has 2 unspecified atom stereocenters. The molecule has 0 spiro atoms. The number of hydrogen-bond donors (Lipinski definition) is 1. The lowest BCUT2D eigenvalue weighted by Crippen LogP contribution is -2.49. The third-order valence-electron chi connectivity index (χ3n) is 3.89. The van der Waals surface area contributed by atoms with E-state index in [-0.39, 0.29) is 19.3 Å². The molecule has 112 valence electrons. The zero-order chi connectivity index (χ0) is 15.0. The highest BCUT2D eigenvalue weighted by atomic mass is 35.5. The summed E-state index contributed by atoms with van der Waals surface area (Å²) < 4.78 is 51.7. The Bertz CT molecular complexity index is 489. The number of hydrogen-bond acceptors (Lipinski definition) is 1. The van der Waals surface area contributed by atoms with Crippen molar-refractivity contribution < 1.29 is 17.6 Å². The molecule has 1 fully saturated rings. The Morgan fingerprint density at radius 3 is 2.70 bits per heavy atom. The van der Waals surface area contributed by atoms with E-state index in [0.717, 1.165) is 0 Å². The molecule has 20 heavy (non-hydrogen) atoms. The van der Waals surface area contributed by atoms with Gasteiger partial charge < -0.3 is 5.73 Å². The Morgan fingerprint density at radius 1 is 1.35 bits per heavy atom. The monoisotopic (exact) mass is 309 g/mol. The van der Waals surface area contributed by atoms with Crippen LogP contribution in [0.2, 0.25) is 5.02 Å². The van der Waals surface area contributed by atoms with Crippen molar-refractivity contribution in [1.82, 2.24) is 0 Å². The van der Waals surface area contributed by atoms with Crippen molar-refractivity contribution in [2.75, 3.05) is 0 Å². The van der Waals surface area contributed by atoms with E-state index >= 15 is 0 Å². The molecule has 0 aromatic heterocycles. The summed E-state index contributed by atoms with van der Waals surface area (Å²) in [7, 11) is 0. The Labute approximate surface area is 120 Å². The Hall–Kier alpha value is -0.810. The van der Waals surface area contributed by atoms with Crippen LogP contribution >= 0.6 is 11.6 Å². The number of alkyl halides is 3. The van der Waals surface area contributed by atoms with E-state index in [1.165, 1.54) is 18.2 Å². The summed E-state index contributed by atoms with van der Waals surface area (Å²) in [6.45, 7) is 0. The van der Waals surface area contributed by atoms with Crippen LogP contribution in [0.5, 0.6) is 0 Å². The third kappa shape index (κ3) is 3.64. The lowest BCUT2D eigenvalue weighted by atomic mass is 9.73. The van der Waals surface area contributed by atoms with Crippen LogP contribution in [0.25, 0.3) is 0 Å². The topological polar surface area (TPSA) is 26.0 Å². The van der Waals surface area contributed by atoms with Crippen LogP contribution in [-0.2, 0) is 6.42 Å². The van der Waals surface area contributed by atoms with Gasteiger partial charge in [0.15, 0.2) is 0 Å². The fourth-order valence-electron chi connectivity index (χ4n) is 2.89. The average molecular weight is 310 g/mol. The van der Waals surface area contributed by atoms with Crippen LogP contribution < -0.4 is 5.73 Å². The Morgan fingerprint density at radius 2 is 2.05 bits per heavy atom. The highest BCUT2D eigenvalue weighted by Crippen LogP contribution is 2.42. The molecule has 0 amide bonds. The van der Waals surface area contributed by atoms with Crippen LogP contribution in [0.4, 0.5) is 17.6 Å². The van der Waals surface area contributed by atoms with Crippen molar-refractivity contribution in [3.63, 3.8) is 0 Å². The van der Waals surface area contributed by atoms with Crippen LogP contribution in [-0.4, -0.2) is 11.7 Å². The molecule has 2 atom stereocenters. The summed E-state index contributed by atoms with van der Waals surface area (Å²) in [6.07, 6.45) is -3.17. The quantitative estimate of drug-likeness (QED) is 0.801. The van der Waals surface area contributed by atoms with Crippen molar-refractivity contribution in [3.8, 4) is 0 Å². The summed E-state index contributed by atoms with van der Waals surface area (Å²) in [6, 6.07) is 3.86. The molecular formula is C14H16ClF4N. The van der Waals surface area contributed by atoms with E-state index < -0.39 is 23.5 Å². The van der Waals surface area contributed by atoms with Crippen LogP contribution in [0.15, 0.2) is 18.2 Å². The van der Waals surface area contributed by atoms with Crippen LogP contribution in [0, 0.1) is 11.7 Å². The lowest BCUT2D eigenvalue weighted by molar-refractivity contribution is -0.187. The van der Waals surface area contributed by atoms with Gasteiger partial charge in [-0.1, -0.05) is 18.0 Å². The maximum absolute atomic E-state index is 13.2. The van der Waals surface area contributed by atoms with Gasteiger partial charge in [0.1, 0.15) is 5.82 Å². The van der Waals surface area contributed by atoms with Gasteiger partial charge in [-0.3, -0.25) is 0 Å². The molecule has 1 saturated carbocycles. The number of benzene rings is 1. The van der Waals surface area contributed by atoms with Gasteiger partial charge in [0, 0.05) is 10.6 Å². The lowest BCUT2D eigenvalue weighted by Gasteiger charge is -2.39. The largest absolute Gasteiger partial charge is 0.391 e. The van der Waals surface area contributed by atoms with E-state index in [9.17, 15) is 17.6 Å². The first kappa shape index (κ1) is 15.6. The Kier molecular flexibility index (Phi) is 4.30. The zero-order valence-electron chi connectivity index (χ0n) is 10.8. The van der Waals surface area contributed by atoms with Crippen LogP contribution in [0.3, 0.4) is 0 Å². The normalized spacial score (nSPS) is 27.6. The predicted octanol–water partition coefficient (Wildman–Crippen LogP) is 4.47. The van der Waals surface area contributed by atoms with E-state index in [4.69, 9.17) is 17.3 Å². The van der Waals surface area contributed by atoms with Gasteiger partial charge in [-0.25, -0.2) is 4.39 Å². The third-order valence-corrected chi connectivity index (χ3v) is 4.26. The molecule has 2 N–H and O–H groups in total. The van der Waals surface area contributed by atoms with Gasteiger partial charge in [0.05, 0.1) is 5.92 Å². The summed E-state index contributed by atoms with van der Waals surface area (Å²) >= 11 is 5.96. The first-order valence-electron chi connectivity index (χ1n) is 6.49. The molecule has 2 rings (SSSR count). The molecule has 0 bridgehead atoms. The number of rotatable bonds is 2. The summed E-state index contributed by atoms with van der Waals surface area (Å²) in [4.78, 5) is 0. The van der Waals surface area contributed by atoms with Crippen LogP contribution in [0.1, 0.15) is 31.2 Å². The zero-order valence-corrected chi connectivity index (χ0v) is 11.6. The highest BCUT2D eigenvalue weighted by molar-refractivity contribution is 6.31. The van der Waals surface area contributed by atoms with Gasteiger partial charge in [-0.15, -0.1) is 0 Å². The smallest absolute Gasteiger partial charge is 0.325 e. The Balaban J connectivity index is 2.16. The fraction of sp³-hybridized carbons (Fsp3) is 0.571. The van der Waals surface area contributed by atoms with E-state index in [2.05, 4.69) is 0 Å². The van der Waals surface area contributed by atoms with Crippen molar-refractivity contribution in [3.05, 3.63) is 34.6 Å². The standard InChI is InChI=1S/C14H16ClF4N/c15-12-4-3-11(16)6-9(12)7-13(20)5-1-2-10(8-13)14(17,18)19/h3-4,6,10H,1-2,5,7-8,20H2. The van der Waals surface area contributed by atoms with Gasteiger partial charge in [-0.2, -0.15) is 13.2 Å². The van der Waals surface area contributed by atoms with Gasteiger partial charge in [0.25, 0.3) is 0 Å². The molecule has 6 heteroatoms. The van der Waals surface area contributed by atoms with Gasteiger partial charge in [-0.05, 0) is 49.4 Å². The van der Waals surface area contributed by atoms with Gasteiger partial charge in [0.2, 0.25) is 0 Å². The van der Waals surface area contributed by atoms with Crippen molar-refractivity contribution >= 4 is 11.6 Å². The minimum atomic E-state index is -4.23. The van der Waals surface area contributed by atoms with Crippen molar-refractivity contribution in [2.24, 2.45) is 11.7 Å². The molecule has 1 aromatic carbocycles. The van der Waals surface area contributed by atoms with Crippen molar-refractivity contribution in [1.29, 1.82) is 0 Å². The minimum Gasteiger partial charge on any atom is -0.325 e. The second kappa shape index (κ2) is 5.53. The molecule has 1 aliphatic carbocycles. The molecule has 1 aromatic rings. The molecule has 1 aliphatic rings. The van der Waals surface area contributed by atoms with E-state index in [1.54, 1.807) is 0 Å². The molecule has 0 saturated heterocycles. The highest BCUT2D eigenvalue weighted by Gasteiger charge is 2.46. The molecule has 0 radical (unpaired) electrons. The van der Waals surface area contributed by atoms with E-state index in [0.29, 0.717) is 23.4 Å². The second-order valence-corrected chi connectivity index (χ2v) is 6.02. The number of halogens is 5. The molecule has 0 heterocycles. The van der Waals surface area contributed by atoms with E-state index in [1.807, 2.05) is 0 Å². The molecule has 1 nitrogen and oxygen atoms in total. The predicted molar refractivity (Wildman–Crippen MR) is 70.0 cm³/mol. The summed E-state index contributed by atoms with van der Waals surface area (Å²) in [5.74, 6) is -1.84. The number of nitrogens with two attached hydrogens (primary N) is 1. The maximum Gasteiger partial charge on any atom is 0.391 e. The second-order valence-electron chi connectivity index (χ2n) is 5.61. The molecular weight excluding hydrogens is 294 g/mol. The first-order chi connectivity index (χ1) is 9.20. The van der Waals surface area contributed by atoms with Crippen molar-refractivity contribution in [2.45, 2.75) is 43.8 Å². The summed E-state index contributed by atoms with van der Waals surface area (Å²) in [5, 5.41) is 0.338. The van der Waals surface area contributed by atoms with Gasteiger partial charge >= 0.3 is 6.18 Å².